The molecule has 0 unspecified atom stereocenters. The summed E-state index contributed by atoms with van der Waals surface area (Å²) in [5.74, 6) is 0.387. The minimum atomic E-state index is -0.521. The number of benzene rings is 2. The number of methoxy groups -OCH3 is 2. The molecule has 0 bridgehead atoms. The first-order valence-corrected chi connectivity index (χ1v) is 8.66. The monoisotopic (exact) mass is 392 g/mol. The molecule has 8 heteroatoms. The van der Waals surface area contributed by atoms with Crippen LogP contribution in [0.25, 0.3) is 6.08 Å². The van der Waals surface area contributed by atoms with E-state index in [2.05, 4.69) is 10.3 Å². The molecule has 5 nitrogen and oxygen atoms in total. The lowest BCUT2D eigenvalue weighted by molar-refractivity contribution is -0.115. The molecule has 0 spiro atoms. The fourth-order valence-electron chi connectivity index (χ4n) is 2.25. The fraction of sp³-hybridized carbons (Fsp3) is 0.111. The van der Waals surface area contributed by atoms with Crippen molar-refractivity contribution in [3.63, 3.8) is 0 Å². The van der Waals surface area contributed by atoms with Crippen LogP contribution in [0, 0.1) is 5.82 Å². The number of carbonyl (C=O) groups is 1. The van der Waals surface area contributed by atoms with E-state index in [1.54, 1.807) is 32.4 Å². The summed E-state index contributed by atoms with van der Waals surface area (Å²) in [6.45, 7) is 0. The van der Waals surface area contributed by atoms with Crippen LogP contribution in [-0.2, 0) is 4.79 Å². The second-order valence-corrected chi connectivity index (χ2v) is 6.63. The molecule has 0 aliphatic carbocycles. The van der Waals surface area contributed by atoms with E-state index >= 15 is 0 Å². The van der Waals surface area contributed by atoms with Crippen LogP contribution in [0.1, 0.15) is 5.56 Å². The molecule has 1 aliphatic heterocycles. The SMILES string of the molecule is COc1ccc(/C=C2\SC(=Nc3ccc(F)c(Cl)c3)NC2=O)cc1OC. The van der Waals surface area contributed by atoms with E-state index < -0.39 is 5.82 Å². The van der Waals surface area contributed by atoms with Crippen molar-refractivity contribution in [3.05, 3.63) is 57.7 Å². The van der Waals surface area contributed by atoms with Gasteiger partial charge in [-0.25, -0.2) is 9.38 Å². The Kier molecular flexibility index (Phi) is 5.49. The maximum absolute atomic E-state index is 13.2. The summed E-state index contributed by atoms with van der Waals surface area (Å²) in [6.07, 6.45) is 1.72. The first-order valence-electron chi connectivity index (χ1n) is 7.47. The van der Waals surface area contributed by atoms with Crippen molar-refractivity contribution in [2.45, 2.75) is 0 Å². The molecular weight excluding hydrogens is 379 g/mol. The third kappa shape index (κ3) is 4.00. The number of ether oxygens (including phenoxy) is 2. The Hall–Kier alpha value is -2.51. The van der Waals surface area contributed by atoms with Gasteiger partial charge in [0.15, 0.2) is 16.7 Å². The number of hydrogen-bond acceptors (Lipinski definition) is 5. The summed E-state index contributed by atoms with van der Waals surface area (Å²) in [6, 6.07) is 9.46. The van der Waals surface area contributed by atoms with E-state index in [0.717, 1.165) is 5.56 Å². The molecule has 2 aromatic carbocycles. The van der Waals surface area contributed by atoms with Gasteiger partial charge in [0.05, 0.1) is 29.8 Å². The number of aliphatic imine (C=N–C) groups is 1. The Morgan fingerprint density at radius 1 is 1.15 bits per heavy atom. The van der Waals surface area contributed by atoms with Crippen LogP contribution in [0.3, 0.4) is 0 Å². The topological polar surface area (TPSA) is 59.9 Å². The van der Waals surface area contributed by atoms with E-state index in [-0.39, 0.29) is 10.9 Å². The highest BCUT2D eigenvalue weighted by molar-refractivity contribution is 8.18. The molecule has 0 aromatic heterocycles. The number of amides is 1. The Balaban J connectivity index is 1.84. The highest BCUT2D eigenvalue weighted by Gasteiger charge is 2.24. The van der Waals surface area contributed by atoms with Gasteiger partial charge in [0, 0.05) is 0 Å². The summed E-state index contributed by atoms with van der Waals surface area (Å²) < 4.78 is 23.7. The van der Waals surface area contributed by atoms with Crippen LogP contribution in [0.4, 0.5) is 10.1 Å². The molecule has 1 fully saturated rings. The molecule has 0 atom stereocenters. The minimum absolute atomic E-state index is 0.0257. The highest BCUT2D eigenvalue weighted by Crippen LogP contribution is 2.32. The van der Waals surface area contributed by atoms with Gasteiger partial charge < -0.3 is 14.8 Å². The molecule has 1 saturated heterocycles. The van der Waals surface area contributed by atoms with Crippen molar-refractivity contribution in [2.75, 3.05) is 14.2 Å². The Bertz CT molecular complexity index is 931. The number of carbonyl (C=O) groups excluding carboxylic acids is 1. The zero-order valence-electron chi connectivity index (χ0n) is 13.9. The first-order chi connectivity index (χ1) is 12.5. The first kappa shape index (κ1) is 18.3. The summed E-state index contributed by atoms with van der Waals surface area (Å²) in [5.41, 5.74) is 1.23. The number of nitrogens with zero attached hydrogens (tertiary/aromatic N) is 1. The van der Waals surface area contributed by atoms with Crippen LogP contribution < -0.4 is 14.8 Å². The van der Waals surface area contributed by atoms with Crippen molar-refractivity contribution in [2.24, 2.45) is 4.99 Å². The van der Waals surface area contributed by atoms with Crippen LogP contribution in [0.2, 0.25) is 5.02 Å². The van der Waals surface area contributed by atoms with E-state index in [4.69, 9.17) is 21.1 Å². The Morgan fingerprint density at radius 3 is 2.62 bits per heavy atom. The van der Waals surface area contributed by atoms with E-state index in [0.29, 0.717) is 27.3 Å². The molecule has 134 valence electrons. The van der Waals surface area contributed by atoms with Gasteiger partial charge in [0.2, 0.25) is 0 Å². The van der Waals surface area contributed by atoms with Crippen LogP contribution in [-0.4, -0.2) is 25.3 Å². The Labute approximate surface area is 158 Å². The van der Waals surface area contributed by atoms with Gasteiger partial charge in [-0.15, -0.1) is 0 Å². The van der Waals surface area contributed by atoms with Gasteiger partial charge >= 0.3 is 0 Å². The van der Waals surface area contributed by atoms with E-state index in [1.165, 1.54) is 30.0 Å². The zero-order chi connectivity index (χ0) is 18.7. The van der Waals surface area contributed by atoms with Crippen molar-refractivity contribution in [3.8, 4) is 11.5 Å². The van der Waals surface area contributed by atoms with Crippen LogP contribution in [0.15, 0.2) is 46.3 Å². The number of hydrogen-bond donors (Lipinski definition) is 1. The lowest BCUT2D eigenvalue weighted by Gasteiger charge is -2.07. The molecule has 1 aliphatic rings. The van der Waals surface area contributed by atoms with Gasteiger partial charge in [-0.2, -0.15) is 0 Å². The third-order valence-corrected chi connectivity index (χ3v) is 4.69. The number of thioether (sulfide) groups is 1. The molecule has 2 aromatic rings. The van der Waals surface area contributed by atoms with Crippen molar-refractivity contribution >= 4 is 46.2 Å². The number of halogens is 2. The van der Waals surface area contributed by atoms with Gasteiger partial charge in [-0.1, -0.05) is 17.7 Å². The van der Waals surface area contributed by atoms with Gasteiger partial charge in [0.1, 0.15) is 5.82 Å². The predicted molar refractivity (Wildman–Crippen MR) is 102 cm³/mol. The lowest BCUT2D eigenvalue weighted by Crippen LogP contribution is -2.19. The molecule has 26 heavy (non-hydrogen) atoms. The maximum atomic E-state index is 13.2. The molecule has 3 rings (SSSR count). The van der Waals surface area contributed by atoms with E-state index in [9.17, 15) is 9.18 Å². The van der Waals surface area contributed by atoms with Crippen molar-refractivity contribution in [1.29, 1.82) is 0 Å². The predicted octanol–water partition coefficient (Wildman–Crippen LogP) is 4.39. The third-order valence-electron chi connectivity index (χ3n) is 3.49. The van der Waals surface area contributed by atoms with Crippen molar-refractivity contribution < 1.29 is 18.7 Å². The Morgan fingerprint density at radius 2 is 1.92 bits per heavy atom. The number of nitrogens with one attached hydrogen (secondary N) is 1. The smallest absolute Gasteiger partial charge is 0.264 e. The van der Waals surface area contributed by atoms with Crippen molar-refractivity contribution in [1.82, 2.24) is 5.32 Å². The second-order valence-electron chi connectivity index (χ2n) is 5.19. The summed E-state index contributed by atoms with van der Waals surface area (Å²) >= 11 is 6.93. The zero-order valence-corrected chi connectivity index (χ0v) is 15.5. The largest absolute Gasteiger partial charge is 0.493 e. The molecule has 1 N–H and O–H groups in total. The molecule has 1 heterocycles. The summed E-state index contributed by atoms with van der Waals surface area (Å²) in [4.78, 5) is 16.9. The average Bonchev–Trinajstić information content (AvgIpc) is 2.97. The number of amidine groups is 1. The molecule has 0 radical (unpaired) electrons. The van der Waals surface area contributed by atoms with Crippen LogP contribution in [0.5, 0.6) is 11.5 Å². The quantitative estimate of drug-likeness (QED) is 0.784. The van der Waals surface area contributed by atoms with E-state index in [1.807, 2.05) is 6.07 Å². The summed E-state index contributed by atoms with van der Waals surface area (Å²) in [7, 11) is 3.10. The number of rotatable bonds is 4. The highest BCUT2D eigenvalue weighted by atomic mass is 35.5. The van der Waals surface area contributed by atoms with Gasteiger partial charge in [-0.05, 0) is 53.7 Å². The minimum Gasteiger partial charge on any atom is -0.493 e. The molecule has 1 amide bonds. The fourth-order valence-corrected chi connectivity index (χ4v) is 3.26. The molecule has 0 saturated carbocycles. The summed E-state index contributed by atoms with van der Waals surface area (Å²) in [5, 5.41) is 3.04. The van der Waals surface area contributed by atoms with Gasteiger partial charge in [0.25, 0.3) is 5.91 Å². The standard InChI is InChI=1S/C18H14ClFN2O3S/c1-24-14-6-3-10(7-15(14)25-2)8-16-17(23)22-18(26-16)21-11-4-5-13(20)12(19)9-11/h3-9H,1-2H3,(H,21,22,23)/b16-8-. The van der Waals surface area contributed by atoms with Gasteiger partial charge in [-0.3, -0.25) is 4.79 Å². The lowest BCUT2D eigenvalue weighted by atomic mass is 10.2. The molecular formula is C18H14ClFN2O3S. The normalized spacial score (nSPS) is 16.8. The second kappa shape index (κ2) is 7.80. The average molecular weight is 393 g/mol. The van der Waals surface area contributed by atoms with Crippen LogP contribution >= 0.6 is 23.4 Å². The maximum Gasteiger partial charge on any atom is 0.264 e.